The van der Waals surface area contributed by atoms with E-state index < -0.39 is 0 Å². The fourth-order valence-electron chi connectivity index (χ4n) is 5.32. The Morgan fingerprint density at radius 3 is 1.57 bits per heavy atom. The minimum absolute atomic E-state index is 0.112. The second-order valence-electron chi connectivity index (χ2n) is 8.74. The Morgan fingerprint density at radius 1 is 0.700 bits per heavy atom. The molecule has 2 atom stereocenters. The van der Waals surface area contributed by atoms with E-state index in [1.54, 1.807) is 0 Å². The van der Waals surface area contributed by atoms with Gasteiger partial charge in [0.1, 0.15) is 0 Å². The van der Waals surface area contributed by atoms with Crippen LogP contribution >= 0.6 is 0 Å². The highest BCUT2D eigenvalue weighted by Gasteiger charge is 2.36. The summed E-state index contributed by atoms with van der Waals surface area (Å²) in [6.07, 6.45) is 10.5. The number of nitrogens with one attached hydrogen (secondary N) is 2. The maximum absolute atomic E-state index is 10.2. The van der Waals surface area contributed by atoms with Gasteiger partial charge >= 0.3 is 0 Å². The molecule has 4 heteroatoms. The molecule has 0 amide bonds. The summed E-state index contributed by atoms with van der Waals surface area (Å²) in [4.78, 5) is 0. The van der Waals surface area contributed by atoms with Gasteiger partial charge in [-0.15, -0.1) is 0 Å². The van der Waals surface area contributed by atoms with Gasteiger partial charge in [0.15, 0.2) is 0 Å². The minimum atomic E-state index is -0.346. The van der Waals surface area contributed by atoms with Crippen LogP contribution in [0.25, 0.3) is 0 Å². The van der Waals surface area contributed by atoms with Crippen molar-refractivity contribution in [3.05, 3.63) is 82.9 Å². The summed E-state index contributed by atoms with van der Waals surface area (Å²) in [5, 5.41) is 27.6. The fourth-order valence-corrected chi connectivity index (χ4v) is 5.32. The van der Waals surface area contributed by atoms with E-state index in [0.717, 1.165) is 38.5 Å². The highest BCUT2D eigenvalue weighted by Crippen LogP contribution is 2.36. The van der Waals surface area contributed by atoms with Crippen molar-refractivity contribution < 1.29 is 10.2 Å². The van der Waals surface area contributed by atoms with Crippen molar-refractivity contribution in [3.63, 3.8) is 0 Å². The Morgan fingerprint density at radius 2 is 1.13 bits per heavy atom. The van der Waals surface area contributed by atoms with Crippen LogP contribution in [0.5, 0.6) is 0 Å². The molecule has 0 aromatic heterocycles. The first-order valence-corrected chi connectivity index (χ1v) is 11.3. The molecule has 4 nitrogen and oxygen atoms in total. The van der Waals surface area contributed by atoms with Crippen molar-refractivity contribution in [1.82, 2.24) is 10.6 Å². The Kier molecular flexibility index (Phi) is 6.69. The SMILES string of the molecule is OCC1(NC/C=C/CNC2(CO)CCCc3ccccc32)CCCc2ccccc21. The topological polar surface area (TPSA) is 64.5 Å². The molecule has 2 aromatic rings. The molecule has 160 valence electrons. The summed E-state index contributed by atoms with van der Waals surface area (Å²) >= 11 is 0. The first kappa shape index (κ1) is 21.3. The minimum Gasteiger partial charge on any atom is -0.394 e. The number of hydrogen-bond donors (Lipinski definition) is 4. The van der Waals surface area contributed by atoms with Crippen LogP contribution in [0.15, 0.2) is 60.7 Å². The largest absolute Gasteiger partial charge is 0.394 e. The predicted molar refractivity (Wildman–Crippen MR) is 121 cm³/mol. The molecular weight excluding hydrogens is 372 g/mol. The monoisotopic (exact) mass is 406 g/mol. The first-order chi connectivity index (χ1) is 14.7. The van der Waals surface area contributed by atoms with E-state index in [4.69, 9.17) is 0 Å². The van der Waals surface area contributed by atoms with Gasteiger partial charge < -0.3 is 20.8 Å². The van der Waals surface area contributed by atoms with Gasteiger partial charge in [0.2, 0.25) is 0 Å². The summed E-state index contributed by atoms with van der Waals surface area (Å²) in [5.41, 5.74) is 4.47. The summed E-state index contributed by atoms with van der Waals surface area (Å²) in [7, 11) is 0. The lowest BCUT2D eigenvalue weighted by atomic mass is 9.77. The van der Waals surface area contributed by atoms with E-state index in [2.05, 4.69) is 71.3 Å². The van der Waals surface area contributed by atoms with Crippen molar-refractivity contribution >= 4 is 0 Å². The molecule has 2 aliphatic carbocycles. The van der Waals surface area contributed by atoms with E-state index in [-0.39, 0.29) is 24.3 Å². The summed E-state index contributed by atoms with van der Waals surface area (Å²) in [6.45, 7) is 1.64. The van der Waals surface area contributed by atoms with Crippen LogP contribution in [-0.2, 0) is 23.9 Å². The molecule has 4 N–H and O–H groups in total. The van der Waals surface area contributed by atoms with Crippen LogP contribution in [-0.4, -0.2) is 36.5 Å². The molecule has 0 heterocycles. The zero-order valence-electron chi connectivity index (χ0n) is 17.7. The molecule has 2 unspecified atom stereocenters. The fraction of sp³-hybridized carbons (Fsp3) is 0.462. The first-order valence-electron chi connectivity index (χ1n) is 11.3. The number of hydrogen-bond acceptors (Lipinski definition) is 4. The number of rotatable bonds is 8. The summed E-state index contributed by atoms with van der Waals surface area (Å²) in [6, 6.07) is 16.9. The lowest BCUT2D eigenvalue weighted by Crippen LogP contribution is -2.48. The number of aryl methyl sites for hydroxylation is 2. The number of benzene rings is 2. The number of aliphatic hydroxyl groups is 2. The highest BCUT2D eigenvalue weighted by atomic mass is 16.3. The van der Waals surface area contributed by atoms with Crippen LogP contribution in [0.4, 0.5) is 0 Å². The van der Waals surface area contributed by atoms with E-state index >= 15 is 0 Å². The van der Waals surface area contributed by atoms with Gasteiger partial charge in [-0.1, -0.05) is 60.7 Å². The molecule has 0 spiro atoms. The van der Waals surface area contributed by atoms with Gasteiger partial charge in [0.05, 0.1) is 24.3 Å². The van der Waals surface area contributed by atoms with E-state index in [9.17, 15) is 10.2 Å². The van der Waals surface area contributed by atoms with Gasteiger partial charge in [-0.3, -0.25) is 0 Å². The van der Waals surface area contributed by atoms with Gasteiger partial charge in [0, 0.05) is 13.1 Å². The van der Waals surface area contributed by atoms with Gasteiger partial charge in [0.25, 0.3) is 0 Å². The van der Waals surface area contributed by atoms with Crippen molar-refractivity contribution in [2.45, 2.75) is 49.6 Å². The average Bonchev–Trinajstić information content (AvgIpc) is 2.81. The molecule has 30 heavy (non-hydrogen) atoms. The Bertz CT molecular complexity index is 809. The molecular formula is C26H34N2O2. The van der Waals surface area contributed by atoms with Gasteiger partial charge in [-0.25, -0.2) is 0 Å². The Balaban J connectivity index is 1.36. The maximum atomic E-state index is 10.2. The average molecular weight is 407 g/mol. The van der Waals surface area contributed by atoms with Crippen LogP contribution in [0.1, 0.15) is 47.9 Å². The normalized spacial score (nSPS) is 25.8. The van der Waals surface area contributed by atoms with Crippen LogP contribution in [0, 0.1) is 0 Å². The molecule has 4 rings (SSSR count). The van der Waals surface area contributed by atoms with Crippen LogP contribution in [0.3, 0.4) is 0 Å². The third-order valence-corrected chi connectivity index (χ3v) is 6.99. The third-order valence-electron chi connectivity index (χ3n) is 6.99. The quantitative estimate of drug-likeness (QED) is 0.509. The zero-order valence-corrected chi connectivity index (χ0v) is 17.7. The van der Waals surface area contributed by atoms with Crippen LogP contribution < -0.4 is 10.6 Å². The molecule has 0 fully saturated rings. The molecule has 0 saturated carbocycles. The molecule has 2 aromatic carbocycles. The predicted octanol–water partition coefficient (Wildman–Crippen LogP) is 3.17. The van der Waals surface area contributed by atoms with Gasteiger partial charge in [-0.2, -0.15) is 0 Å². The lowest BCUT2D eigenvalue weighted by Gasteiger charge is -2.39. The third kappa shape index (κ3) is 4.10. The Labute approximate surface area is 180 Å². The lowest BCUT2D eigenvalue weighted by molar-refractivity contribution is 0.144. The van der Waals surface area contributed by atoms with Crippen LogP contribution in [0.2, 0.25) is 0 Å². The number of fused-ring (bicyclic) bond motifs is 2. The van der Waals surface area contributed by atoms with Gasteiger partial charge in [-0.05, 0) is 60.8 Å². The second kappa shape index (κ2) is 9.44. The van der Waals surface area contributed by atoms with E-state index in [1.807, 2.05) is 0 Å². The van der Waals surface area contributed by atoms with Crippen molar-refractivity contribution in [1.29, 1.82) is 0 Å². The van der Waals surface area contributed by atoms with Crippen molar-refractivity contribution in [2.75, 3.05) is 26.3 Å². The smallest absolute Gasteiger partial charge is 0.0674 e. The zero-order chi connectivity index (χ0) is 20.9. The molecule has 0 aliphatic heterocycles. The van der Waals surface area contributed by atoms with Crippen molar-refractivity contribution in [3.8, 4) is 0 Å². The molecule has 0 radical (unpaired) electrons. The molecule has 0 saturated heterocycles. The Hall–Kier alpha value is -1.98. The molecule has 2 aliphatic rings. The highest BCUT2D eigenvalue weighted by molar-refractivity contribution is 5.37. The standard InChI is InChI=1S/C26H34N2O2/c29-19-25(15-7-11-21-9-1-3-13-23(21)25)27-17-5-6-18-28-26(20-30)16-8-12-22-10-2-4-14-24(22)26/h1-6,9-10,13-14,27-30H,7-8,11-12,15-20H2/b6-5+. The summed E-state index contributed by atoms with van der Waals surface area (Å²) < 4.78 is 0. The van der Waals surface area contributed by atoms with E-state index in [0.29, 0.717) is 13.1 Å². The summed E-state index contributed by atoms with van der Waals surface area (Å²) in [5.74, 6) is 0. The number of aliphatic hydroxyl groups excluding tert-OH is 2. The van der Waals surface area contributed by atoms with Crippen molar-refractivity contribution in [2.24, 2.45) is 0 Å². The molecule has 0 bridgehead atoms. The maximum Gasteiger partial charge on any atom is 0.0674 e. The van der Waals surface area contributed by atoms with E-state index in [1.165, 1.54) is 22.3 Å². The second-order valence-corrected chi connectivity index (χ2v) is 8.74.